The molecule has 5 rings (SSSR count). The van der Waals surface area contributed by atoms with Crippen LogP contribution in [-0.2, 0) is 13.6 Å². The quantitative estimate of drug-likeness (QED) is 0.507. The molecule has 0 unspecified atom stereocenters. The maximum Gasteiger partial charge on any atom is 0.257 e. The van der Waals surface area contributed by atoms with E-state index >= 15 is 0 Å². The number of rotatable bonds is 5. The minimum atomic E-state index is -2.57. The summed E-state index contributed by atoms with van der Waals surface area (Å²) in [6, 6.07) is 5.46. The van der Waals surface area contributed by atoms with Gasteiger partial charge in [-0.3, -0.25) is 14.5 Å². The van der Waals surface area contributed by atoms with Crippen molar-refractivity contribution in [2.24, 2.45) is 7.05 Å². The summed E-state index contributed by atoms with van der Waals surface area (Å²) in [5.41, 5.74) is 4.23. The number of nitrogens with zero attached hydrogens (tertiary/aromatic N) is 7. The summed E-state index contributed by atoms with van der Waals surface area (Å²) in [4.78, 5) is 6.84. The molecule has 9 nitrogen and oxygen atoms in total. The molecule has 5 heterocycles. The zero-order valence-corrected chi connectivity index (χ0v) is 16.9. The number of anilines is 1. The van der Waals surface area contributed by atoms with E-state index in [9.17, 15) is 13.9 Å². The topological polar surface area (TPSA) is 101 Å². The Kier molecular flexibility index (Phi) is 4.89. The number of H-pyrrole nitrogens is 1. The molecule has 0 aliphatic carbocycles. The highest BCUT2D eigenvalue weighted by atomic mass is 19.3. The van der Waals surface area contributed by atoms with Gasteiger partial charge in [-0.25, -0.2) is 13.8 Å². The maximum atomic E-state index is 13.4. The van der Waals surface area contributed by atoms with Crippen molar-refractivity contribution in [3.05, 3.63) is 30.6 Å². The van der Waals surface area contributed by atoms with Crippen molar-refractivity contribution in [2.75, 3.05) is 18.0 Å². The number of aromatic nitrogens is 7. The van der Waals surface area contributed by atoms with Gasteiger partial charge < -0.3 is 10.0 Å². The van der Waals surface area contributed by atoms with Crippen LogP contribution in [0.15, 0.2) is 30.6 Å². The van der Waals surface area contributed by atoms with Crippen molar-refractivity contribution < 1.29 is 13.9 Å². The van der Waals surface area contributed by atoms with Crippen LogP contribution in [0.3, 0.4) is 0 Å². The third-order valence-electron chi connectivity index (χ3n) is 5.56. The van der Waals surface area contributed by atoms with Gasteiger partial charge in [-0.1, -0.05) is 0 Å². The average molecular weight is 428 g/mol. The lowest BCUT2D eigenvalue weighted by atomic mass is 10.1. The van der Waals surface area contributed by atoms with Crippen molar-refractivity contribution in [3.8, 4) is 22.8 Å². The highest BCUT2D eigenvalue weighted by Crippen LogP contribution is 2.36. The first-order valence-electron chi connectivity index (χ1n) is 10.1. The minimum absolute atomic E-state index is 0.420. The van der Waals surface area contributed by atoms with Crippen molar-refractivity contribution in [1.82, 2.24) is 34.7 Å². The van der Waals surface area contributed by atoms with Crippen LogP contribution in [0.5, 0.6) is 0 Å². The molecule has 1 aliphatic heterocycles. The van der Waals surface area contributed by atoms with Gasteiger partial charge in [0.2, 0.25) is 0 Å². The van der Waals surface area contributed by atoms with Crippen molar-refractivity contribution >= 4 is 16.7 Å². The molecule has 0 saturated carbocycles. The van der Waals surface area contributed by atoms with E-state index in [-0.39, 0.29) is 0 Å². The third kappa shape index (κ3) is 3.54. The Morgan fingerprint density at radius 1 is 1.29 bits per heavy atom. The van der Waals surface area contributed by atoms with E-state index in [1.54, 1.807) is 23.1 Å². The molecule has 1 fully saturated rings. The smallest absolute Gasteiger partial charge is 0.257 e. The highest BCUT2D eigenvalue weighted by molar-refractivity contribution is 5.98. The van der Waals surface area contributed by atoms with Crippen LogP contribution in [0.2, 0.25) is 0 Å². The van der Waals surface area contributed by atoms with Crippen LogP contribution in [0.25, 0.3) is 33.8 Å². The van der Waals surface area contributed by atoms with Crippen LogP contribution < -0.4 is 4.90 Å². The summed E-state index contributed by atoms with van der Waals surface area (Å²) in [5, 5.41) is 25.8. The number of piperidine rings is 1. The summed E-state index contributed by atoms with van der Waals surface area (Å²) in [7, 11) is 1.82. The van der Waals surface area contributed by atoms with Crippen molar-refractivity contribution in [3.63, 3.8) is 0 Å². The fourth-order valence-corrected chi connectivity index (χ4v) is 4.17. The van der Waals surface area contributed by atoms with Gasteiger partial charge in [-0.15, -0.1) is 0 Å². The number of aliphatic hydroxyl groups excluding tert-OH is 1. The molecule has 1 saturated heterocycles. The number of hydrogen-bond acceptors (Lipinski definition) is 6. The van der Waals surface area contributed by atoms with Crippen molar-refractivity contribution in [2.45, 2.75) is 31.9 Å². The number of nitrogens with one attached hydrogen (secondary N) is 1. The van der Waals surface area contributed by atoms with Gasteiger partial charge in [0.05, 0.1) is 28.9 Å². The van der Waals surface area contributed by atoms with E-state index in [0.29, 0.717) is 41.2 Å². The predicted octanol–water partition coefficient (Wildman–Crippen LogP) is 2.45. The average Bonchev–Trinajstić information content (AvgIpc) is 3.47. The normalized spacial score (nSPS) is 17.2. The Hall–Kier alpha value is -3.34. The summed E-state index contributed by atoms with van der Waals surface area (Å²) in [6.07, 6.45) is 1.74. The van der Waals surface area contributed by atoms with Gasteiger partial charge in [0.25, 0.3) is 6.43 Å². The molecule has 4 aromatic heterocycles. The zero-order chi connectivity index (χ0) is 21.5. The molecule has 0 amide bonds. The standard InChI is InChI=1S/C20H22F2N8O/c1-28-15(5-7-24-28)14-9-16(29-8-2-3-12(31)10-29)20-19(25-14)18(13-4-6-23-26-13)27-30(20)11-17(21)22/h4-7,9,12,17,31H,2-3,8,10-11H2,1H3,(H,23,26)/t12-/m0/s1. The van der Waals surface area contributed by atoms with Crippen LogP contribution in [0.1, 0.15) is 12.8 Å². The number of aryl methyl sites for hydroxylation is 1. The molecular weight excluding hydrogens is 406 g/mol. The zero-order valence-electron chi connectivity index (χ0n) is 16.9. The SMILES string of the molecule is Cn1nccc1-c1cc(N2CCC[C@H](O)C2)c2c(n1)c(-c1ccn[nH]1)nn2CC(F)F. The Balaban J connectivity index is 1.80. The molecule has 31 heavy (non-hydrogen) atoms. The number of pyridine rings is 1. The molecule has 0 aromatic carbocycles. The third-order valence-corrected chi connectivity index (χ3v) is 5.56. The number of aliphatic hydroxyl groups is 1. The van der Waals surface area contributed by atoms with Gasteiger partial charge in [-0.05, 0) is 31.0 Å². The van der Waals surface area contributed by atoms with Crippen LogP contribution in [-0.4, -0.2) is 65.5 Å². The van der Waals surface area contributed by atoms with Gasteiger partial charge in [0, 0.05) is 32.5 Å². The number of aromatic amines is 1. The number of halogens is 2. The van der Waals surface area contributed by atoms with E-state index in [2.05, 4.69) is 20.4 Å². The van der Waals surface area contributed by atoms with E-state index in [4.69, 9.17) is 4.98 Å². The fraction of sp³-hybridized carbons (Fsp3) is 0.400. The lowest BCUT2D eigenvalue weighted by molar-refractivity contribution is 0.123. The summed E-state index contributed by atoms with van der Waals surface area (Å²) in [6.45, 7) is 0.574. The number of fused-ring (bicyclic) bond motifs is 1. The summed E-state index contributed by atoms with van der Waals surface area (Å²) in [5.74, 6) is 0. The summed E-state index contributed by atoms with van der Waals surface area (Å²) >= 11 is 0. The maximum absolute atomic E-state index is 13.4. The predicted molar refractivity (Wildman–Crippen MR) is 111 cm³/mol. The van der Waals surface area contributed by atoms with Gasteiger partial charge >= 0.3 is 0 Å². The van der Waals surface area contributed by atoms with E-state index in [1.807, 2.05) is 24.1 Å². The largest absolute Gasteiger partial charge is 0.391 e. The molecule has 11 heteroatoms. The van der Waals surface area contributed by atoms with E-state index < -0.39 is 19.1 Å². The Labute approximate surface area is 176 Å². The van der Waals surface area contributed by atoms with E-state index in [0.717, 1.165) is 24.2 Å². The van der Waals surface area contributed by atoms with Gasteiger partial charge in [-0.2, -0.15) is 15.3 Å². The first kappa shape index (κ1) is 19.6. The van der Waals surface area contributed by atoms with Crippen LogP contribution in [0.4, 0.5) is 14.5 Å². The van der Waals surface area contributed by atoms with E-state index in [1.165, 1.54) is 4.68 Å². The lowest BCUT2D eigenvalue weighted by Gasteiger charge is -2.32. The molecule has 0 spiro atoms. The Morgan fingerprint density at radius 3 is 2.84 bits per heavy atom. The number of hydrogen-bond donors (Lipinski definition) is 2. The molecule has 0 radical (unpaired) electrons. The van der Waals surface area contributed by atoms with Gasteiger partial charge in [0.15, 0.2) is 0 Å². The lowest BCUT2D eigenvalue weighted by Crippen LogP contribution is -2.38. The second-order valence-corrected chi connectivity index (χ2v) is 7.70. The Bertz CT molecular complexity index is 1200. The molecule has 4 aromatic rings. The molecule has 1 atom stereocenters. The monoisotopic (exact) mass is 428 g/mol. The van der Waals surface area contributed by atoms with Crippen molar-refractivity contribution in [1.29, 1.82) is 0 Å². The van der Waals surface area contributed by atoms with Crippen LogP contribution >= 0.6 is 0 Å². The Morgan fingerprint density at radius 2 is 2.16 bits per heavy atom. The first-order valence-corrected chi connectivity index (χ1v) is 10.1. The molecule has 162 valence electrons. The fourth-order valence-electron chi connectivity index (χ4n) is 4.17. The second kappa shape index (κ2) is 7.73. The van der Waals surface area contributed by atoms with Gasteiger partial charge in [0.1, 0.15) is 23.3 Å². The second-order valence-electron chi connectivity index (χ2n) is 7.70. The first-order chi connectivity index (χ1) is 15.0. The molecule has 2 N–H and O–H groups in total. The summed E-state index contributed by atoms with van der Waals surface area (Å²) < 4.78 is 29.9. The number of alkyl halides is 2. The minimum Gasteiger partial charge on any atom is -0.391 e. The molecular formula is C20H22F2N8O. The highest BCUT2D eigenvalue weighted by Gasteiger charge is 2.27. The number of β-amino-alcohol motifs (C(OH)–C–C–N with tert-alkyl or cyclic N) is 1. The molecule has 1 aliphatic rings. The molecule has 0 bridgehead atoms. The van der Waals surface area contributed by atoms with Crippen LogP contribution in [0, 0.1) is 0 Å².